The first-order valence-electron chi connectivity index (χ1n) is 4.53. The van der Waals surface area contributed by atoms with Gasteiger partial charge < -0.3 is 0 Å². The second kappa shape index (κ2) is 4.95. The summed E-state index contributed by atoms with van der Waals surface area (Å²) in [5, 5.41) is 3.49. The average Bonchev–Trinajstić information content (AvgIpc) is 2.74. The van der Waals surface area contributed by atoms with Crippen molar-refractivity contribution in [3.8, 4) is 0 Å². The van der Waals surface area contributed by atoms with Gasteiger partial charge in [-0.3, -0.25) is 4.79 Å². The fourth-order valence-corrected chi connectivity index (χ4v) is 2.16. The molecule has 0 aliphatic heterocycles. The van der Waals surface area contributed by atoms with Crippen LogP contribution in [0.2, 0.25) is 10.0 Å². The Balaban J connectivity index is 2.18. The number of hydrogen-bond acceptors (Lipinski definition) is 3. The van der Waals surface area contributed by atoms with Crippen molar-refractivity contribution >= 4 is 40.3 Å². The first-order valence-corrected chi connectivity index (χ1v) is 6.17. The molecule has 0 radical (unpaired) electrons. The van der Waals surface area contributed by atoms with Crippen molar-refractivity contribution in [3.63, 3.8) is 0 Å². The molecule has 2 aromatic rings. The van der Waals surface area contributed by atoms with E-state index >= 15 is 0 Å². The van der Waals surface area contributed by atoms with Crippen LogP contribution < -0.4 is 0 Å². The Morgan fingerprint density at radius 2 is 2.12 bits per heavy atom. The molecule has 0 atom stereocenters. The van der Waals surface area contributed by atoms with Gasteiger partial charge in [0.15, 0.2) is 5.78 Å². The lowest BCUT2D eigenvalue weighted by Gasteiger charge is -2.00. The number of rotatable bonds is 3. The van der Waals surface area contributed by atoms with E-state index in [1.54, 1.807) is 24.4 Å². The van der Waals surface area contributed by atoms with Crippen molar-refractivity contribution in [1.82, 2.24) is 4.98 Å². The van der Waals surface area contributed by atoms with E-state index in [-0.39, 0.29) is 5.78 Å². The van der Waals surface area contributed by atoms with Gasteiger partial charge in [-0.15, -0.1) is 11.3 Å². The molecule has 0 saturated heterocycles. The van der Waals surface area contributed by atoms with Gasteiger partial charge in [0.1, 0.15) is 5.01 Å². The van der Waals surface area contributed by atoms with Gasteiger partial charge in [0.2, 0.25) is 0 Å². The van der Waals surface area contributed by atoms with Gasteiger partial charge >= 0.3 is 0 Å². The second-order valence-electron chi connectivity index (χ2n) is 3.15. The number of carbonyl (C=O) groups excluding carboxylic acids is 1. The summed E-state index contributed by atoms with van der Waals surface area (Å²) in [7, 11) is 0. The fraction of sp³-hybridized carbons (Fsp3) is 0.0909. The molecular weight excluding hydrogens is 265 g/mol. The molecule has 0 fully saturated rings. The Labute approximate surface area is 107 Å². The van der Waals surface area contributed by atoms with Gasteiger partial charge in [-0.2, -0.15) is 0 Å². The number of ketones is 1. The smallest absolute Gasteiger partial charge is 0.169 e. The minimum absolute atomic E-state index is 0.00600. The van der Waals surface area contributed by atoms with E-state index < -0.39 is 0 Å². The Hall–Kier alpha value is -0.900. The van der Waals surface area contributed by atoms with Crippen LogP contribution in [0.1, 0.15) is 15.4 Å². The van der Waals surface area contributed by atoms with Crippen LogP contribution in [0.15, 0.2) is 29.8 Å². The van der Waals surface area contributed by atoms with Crippen LogP contribution in [0.5, 0.6) is 0 Å². The highest BCUT2D eigenvalue weighted by atomic mass is 35.5. The summed E-state index contributed by atoms with van der Waals surface area (Å²) in [6.07, 6.45) is 1.98. The molecule has 5 heteroatoms. The third-order valence-electron chi connectivity index (χ3n) is 2.04. The normalized spacial score (nSPS) is 10.4. The molecule has 82 valence electrons. The summed E-state index contributed by atoms with van der Waals surface area (Å²) in [5.41, 5.74) is 0.560. The topological polar surface area (TPSA) is 30.0 Å². The molecule has 1 aromatic carbocycles. The maximum atomic E-state index is 11.8. The zero-order valence-electron chi connectivity index (χ0n) is 8.11. The SMILES string of the molecule is O=C(Cc1nccs1)c1ccc(Cl)c(Cl)c1. The van der Waals surface area contributed by atoms with Crippen molar-refractivity contribution in [2.75, 3.05) is 0 Å². The summed E-state index contributed by atoms with van der Waals surface area (Å²) >= 11 is 13.1. The third-order valence-corrected chi connectivity index (χ3v) is 3.56. The van der Waals surface area contributed by atoms with Crippen molar-refractivity contribution < 1.29 is 4.79 Å². The van der Waals surface area contributed by atoms with E-state index in [0.29, 0.717) is 22.0 Å². The van der Waals surface area contributed by atoms with Crippen LogP contribution >= 0.6 is 34.5 Å². The zero-order valence-corrected chi connectivity index (χ0v) is 10.4. The lowest BCUT2D eigenvalue weighted by molar-refractivity contribution is 0.0993. The zero-order chi connectivity index (χ0) is 11.5. The highest BCUT2D eigenvalue weighted by Gasteiger charge is 2.10. The Morgan fingerprint density at radius 3 is 2.75 bits per heavy atom. The summed E-state index contributed by atoms with van der Waals surface area (Å²) in [6, 6.07) is 4.88. The summed E-state index contributed by atoms with van der Waals surface area (Å²) in [4.78, 5) is 15.9. The van der Waals surface area contributed by atoms with E-state index in [4.69, 9.17) is 23.2 Å². The monoisotopic (exact) mass is 271 g/mol. The van der Waals surface area contributed by atoms with E-state index in [1.165, 1.54) is 11.3 Å². The van der Waals surface area contributed by atoms with Crippen LogP contribution in [0.3, 0.4) is 0 Å². The quantitative estimate of drug-likeness (QED) is 0.794. The predicted octanol–water partition coefficient (Wildman–Crippen LogP) is 3.88. The lowest BCUT2D eigenvalue weighted by Crippen LogP contribution is -2.02. The van der Waals surface area contributed by atoms with E-state index in [1.807, 2.05) is 5.38 Å². The number of carbonyl (C=O) groups is 1. The van der Waals surface area contributed by atoms with Crippen LogP contribution in [0.25, 0.3) is 0 Å². The summed E-state index contributed by atoms with van der Waals surface area (Å²) < 4.78 is 0. The second-order valence-corrected chi connectivity index (χ2v) is 4.95. The molecule has 2 rings (SSSR count). The number of Topliss-reactive ketones (excluding diaryl/α,β-unsaturated/α-hetero) is 1. The Morgan fingerprint density at radius 1 is 1.31 bits per heavy atom. The minimum Gasteiger partial charge on any atom is -0.294 e. The molecule has 1 aromatic heterocycles. The van der Waals surface area contributed by atoms with Crippen molar-refractivity contribution in [2.45, 2.75) is 6.42 Å². The molecule has 0 saturated carbocycles. The van der Waals surface area contributed by atoms with Crippen LogP contribution in [0.4, 0.5) is 0 Å². The van der Waals surface area contributed by atoms with Gasteiger partial charge in [0.05, 0.1) is 16.5 Å². The average molecular weight is 272 g/mol. The van der Waals surface area contributed by atoms with Gasteiger partial charge in [-0.25, -0.2) is 4.98 Å². The summed E-state index contributed by atoms with van der Waals surface area (Å²) in [5.74, 6) is -0.00600. The number of aromatic nitrogens is 1. The molecule has 0 bridgehead atoms. The number of nitrogens with zero attached hydrogens (tertiary/aromatic N) is 1. The van der Waals surface area contributed by atoms with Crippen molar-refractivity contribution in [1.29, 1.82) is 0 Å². The first kappa shape index (κ1) is 11.6. The maximum Gasteiger partial charge on any atom is 0.169 e. The number of thiazole rings is 1. The first-order chi connectivity index (χ1) is 7.66. The van der Waals surface area contributed by atoms with Gasteiger partial charge in [-0.05, 0) is 18.2 Å². The summed E-state index contributed by atoms with van der Waals surface area (Å²) in [6.45, 7) is 0. The van der Waals surface area contributed by atoms with E-state index in [2.05, 4.69) is 4.98 Å². The molecule has 0 N–H and O–H groups in total. The van der Waals surface area contributed by atoms with Crippen LogP contribution in [-0.4, -0.2) is 10.8 Å². The van der Waals surface area contributed by atoms with Gasteiger partial charge in [-0.1, -0.05) is 23.2 Å². The van der Waals surface area contributed by atoms with Gasteiger partial charge in [0.25, 0.3) is 0 Å². The Kier molecular flexibility index (Phi) is 3.59. The minimum atomic E-state index is -0.00600. The molecule has 0 aliphatic carbocycles. The number of hydrogen-bond donors (Lipinski definition) is 0. The molecule has 1 heterocycles. The van der Waals surface area contributed by atoms with E-state index in [0.717, 1.165) is 5.01 Å². The molecule has 0 aliphatic rings. The lowest BCUT2D eigenvalue weighted by atomic mass is 10.1. The predicted molar refractivity (Wildman–Crippen MR) is 66.6 cm³/mol. The van der Waals surface area contributed by atoms with Crippen molar-refractivity contribution in [2.24, 2.45) is 0 Å². The maximum absolute atomic E-state index is 11.8. The third kappa shape index (κ3) is 2.61. The molecule has 0 unspecified atom stereocenters. The van der Waals surface area contributed by atoms with E-state index in [9.17, 15) is 4.79 Å². The number of halogens is 2. The van der Waals surface area contributed by atoms with Crippen molar-refractivity contribution in [3.05, 3.63) is 50.4 Å². The number of benzene rings is 1. The molecule has 2 nitrogen and oxygen atoms in total. The standard InChI is InChI=1S/C11H7Cl2NOS/c12-8-2-1-7(5-9(8)13)10(15)6-11-14-3-4-16-11/h1-5H,6H2. The van der Waals surface area contributed by atoms with Crippen LogP contribution in [-0.2, 0) is 6.42 Å². The molecular formula is C11H7Cl2NOS. The van der Waals surface area contributed by atoms with Gasteiger partial charge in [0, 0.05) is 17.1 Å². The fourth-order valence-electron chi connectivity index (χ4n) is 1.25. The highest BCUT2D eigenvalue weighted by Crippen LogP contribution is 2.23. The molecule has 0 amide bonds. The Bertz CT molecular complexity index is 511. The molecule has 0 spiro atoms. The largest absolute Gasteiger partial charge is 0.294 e. The van der Waals surface area contributed by atoms with Crippen LogP contribution in [0, 0.1) is 0 Å². The molecule has 16 heavy (non-hydrogen) atoms. The highest BCUT2D eigenvalue weighted by molar-refractivity contribution is 7.09.